The molecule has 1 atom stereocenters. The van der Waals surface area contributed by atoms with Crippen molar-refractivity contribution in [2.24, 2.45) is 0 Å². The van der Waals surface area contributed by atoms with E-state index in [0.717, 1.165) is 5.56 Å². The molecule has 0 aliphatic rings. The number of halogens is 2. The molecule has 0 saturated heterocycles. The van der Waals surface area contributed by atoms with Gasteiger partial charge in [0.25, 0.3) is 5.91 Å². The van der Waals surface area contributed by atoms with Crippen LogP contribution in [0.25, 0.3) is 0 Å². The number of hydrogen-bond acceptors (Lipinski definition) is 2. The maximum absolute atomic E-state index is 12.4. The van der Waals surface area contributed by atoms with E-state index in [-0.39, 0.29) is 11.9 Å². The van der Waals surface area contributed by atoms with E-state index in [9.17, 15) is 4.79 Å². The number of hydrogen-bond donors (Lipinski definition) is 0. The van der Waals surface area contributed by atoms with Crippen molar-refractivity contribution in [3.63, 3.8) is 0 Å². The largest absolute Gasteiger partial charge is 0.335 e. The monoisotopic (exact) mass is 308 g/mol. The molecule has 104 valence electrons. The number of carbonyl (C=O) groups excluding carboxylic acids is 1. The molecule has 2 rings (SSSR count). The first-order valence-corrected chi connectivity index (χ1v) is 6.88. The number of pyridine rings is 1. The van der Waals surface area contributed by atoms with Gasteiger partial charge >= 0.3 is 0 Å². The van der Waals surface area contributed by atoms with Gasteiger partial charge in [-0.1, -0.05) is 35.3 Å². The Kier molecular flexibility index (Phi) is 4.63. The van der Waals surface area contributed by atoms with Crippen LogP contribution in [0.5, 0.6) is 0 Å². The summed E-state index contributed by atoms with van der Waals surface area (Å²) in [5.41, 5.74) is 1.46. The van der Waals surface area contributed by atoms with Crippen molar-refractivity contribution in [1.82, 2.24) is 9.88 Å². The molecule has 0 fully saturated rings. The predicted octanol–water partition coefficient (Wildman–Crippen LogP) is 4.22. The highest BCUT2D eigenvalue weighted by atomic mass is 35.5. The van der Waals surface area contributed by atoms with Crippen LogP contribution in [0, 0.1) is 0 Å². The van der Waals surface area contributed by atoms with E-state index >= 15 is 0 Å². The minimum atomic E-state index is -0.139. The molecule has 2 aromatic rings. The Morgan fingerprint density at radius 1 is 1.20 bits per heavy atom. The molecule has 20 heavy (non-hydrogen) atoms. The highest BCUT2D eigenvalue weighted by molar-refractivity contribution is 6.33. The number of rotatable bonds is 3. The second-order valence-corrected chi connectivity index (χ2v) is 5.34. The third kappa shape index (κ3) is 3.11. The minimum Gasteiger partial charge on any atom is -0.335 e. The first-order valence-electron chi connectivity index (χ1n) is 6.13. The molecule has 0 bridgehead atoms. The fourth-order valence-electron chi connectivity index (χ4n) is 1.88. The average molecular weight is 309 g/mol. The quantitative estimate of drug-likeness (QED) is 0.850. The number of carbonyl (C=O) groups is 1. The third-order valence-electron chi connectivity index (χ3n) is 3.26. The van der Waals surface area contributed by atoms with Crippen molar-refractivity contribution in [2.75, 3.05) is 7.05 Å². The molecule has 1 aromatic carbocycles. The average Bonchev–Trinajstić information content (AvgIpc) is 2.46. The van der Waals surface area contributed by atoms with Crippen molar-refractivity contribution in [2.45, 2.75) is 13.0 Å². The van der Waals surface area contributed by atoms with Crippen LogP contribution in [0.4, 0.5) is 0 Å². The van der Waals surface area contributed by atoms with Crippen LogP contribution in [0.3, 0.4) is 0 Å². The van der Waals surface area contributed by atoms with Crippen molar-refractivity contribution in [1.29, 1.82) is 0 Å². The predicted molar refractivity (Wildman–Crippen MR) is 81.2 cm³/mol. The number of amides is 1. The summed E-state index contributed by atoms with van der Waals surface area (Å²) >= 11 is 11.9. The zero-order valence-electron chi connectivity index (χ0n) is 11.2. The molecule has 5 heteroatoms. The summed E-state index contributed by atoms with van der Waals surface area (Å²) in [6.07, 6.45) is 3.02. The van der Waals surface area contributed by atoms with Gasteiger partial charge < -0.3 is 4.90 Å². The molecule has 0 radical (unpaired) electrons. The molecule has 0 N–H and O–H groups in total. The van der Waals surface area contributed by atoms with Crippen LogP contribution in [0.2, 0.25) is 10.0 Å². The second-order valence-electron chi connectivity index (χ2n) is 4.50. The fraction of sp³-hybridized carbons (Fsp3) is 0.200. The molecular weight excluding hydrogens is 295 g/mol. The van der Waals surface area contributed by atoms with Crippen molar-refractivity contribution >= 4 is 29.1 Å². The lowest BCUT2D eigenvalue weighted by atomic mass is 10.1. The van der Waals surface area contributed by atoms with Crippen LogP contribution in [0.15, 0.2) is 42.7 Å². The van der Waals surface area contributed by atoms with Gasteiger partial charge in [-0.25, -0.2) is 0 Å². The standard InChI is InChI=1S/C15H14Cl2N2O/c1-10(11-3-5-12(16)6-4-11)19(2)15(20)13-7-8-18-9-14(13)17/h3-10H,1-2H3. The van der Waals surface area contributed by atoms with Crippen LogP contribution in [-0.4, -0.2) is 22.8 Å². The smallest absolute Gasteiger partial charge is 0.255 e. The van der Waals surface area contributed by atoms with Crippen molar-refractivity contribution in [3.8, 4) is 0 Å². The van der Waals surface area contributed by atoms with Gasteiger partial charge in [0, 0.05) is 24.5 Å². The summed E-state index contributed by atoms with van der Waals surface area (Å²) in [5, 5.41) is 1.03. The Morgan fingerprint density at radius 2 is 1.85 bits per heavy atom. The van der Waals surface area contributed by atoms with Gasteiger partial charge in [-0.05, 0) is 30.7 Å². The fourth-order valence-corrected chi connectivity index (χ4v) is 2.21. The third-order valence-corrected chi connectivity index (χ3v) is 3.81. The molecule has 0 aliphatic heterocycles. The zero-order chi connectivity index (χ0) is 14.7. The van der Waals surface area contributed by atoms with Gasteiger partial charge in [-0.15, -0.1) is 0 Å². The maximum Gasteiger partial charge on any atom is 0.255 e. The van der Waals surface area contributed by atoms with Gasteiger partial charge in [-0.3, -0.25) is 9.78 Å². The van der Waals surface area contributed by atoms with Crippen LogP contribution in [0.1, 0.15) is 28.9 Å². The summed E-state index contributed by atoms with van der Waals surface area (Å²) in [4.78, 5) is 18.0. The van der Waals surface area contributed by atoms with Crippen molar-refractivity contribution in [3.05, 3.63) is 63.9 Å². The molecule has 0 saturated carbocycles. The van der Waals surface area contributed by atoms with E-state index in [1.807, 2.05) is 31.2 Å². The number of benzene rings is 1. The maximum atomic E-state index is 12.4. The summed E-state index contributed by atoms with van der Waals surface area (Å²) in [6.45, 7) is 1.95. The lowest BCUT2D eigenvalue weighted by Gasteiger charge is -2.25. The lowest BCUT2D eigenvalue weighted by Crippen LogP contribution is -2.29. The number of nitrogens with zero attached hydrogens (tertiary/aromatic N) is 2. The number of aromatic nitrogens is 1. The van der Waals surface area contributed by atoms with Gasteiger partial charge in [0.1, 0.15) is 0 Å². The summed E-state index contributed by atoms with van der Waals surface area (Å²) < 4.78 is 0. The van der Waals surface area contributed by atoms with E-state index in [0.29, 0.717) is 15.6 Å². The molecule has 1 heterocycles. The highest BCUT2D eigenvalue weighted by Gasteiger charge is 2.20. The van der Waals surface area contributed by atoms with E-state index in [2.05, 4.69) is 4.98 Å². The van der Waals surface area contributed by atoms with Gasteiger partial charge in [0.05, 0.1) is 16.6 Å². The minimum absolute atomic E-state index is 0.0796. The molecular formula is C15H14Cl2N2O. The Hall–Kier alpha value is -1.58. The van der Waals surface area contributed by atoms with E-state index in [1.54, 1.807) is 24.2 Å². The summed E-state index contributed by atoms with van der Waals surface area (Å²) in [6, 6.07) is 8.98. The van der Waals surface area contributed by atoms with E-state index < -0.39 is 0 Å². The molecule has 0 spiro atoms. The van der Waals surface area contributed by atoms with E-state index in [4.69, 9.17) is 23.2 Å². The van der Waals surface area contributed by atoms with Crippen LogP contribution < -0.4 is 0 Å². The highest BCUT2D eigenvalue weighted by Crippen LogP contribution is 2.24. The van der Waals surface area contributed by atoms with E-state index in [1.165, 1.54) is 6.20 Å². The molecule has 1 unspecified atom stereocenters. The van der Waals surface area contributed by atoms with Crippen LogP contribution >= 0.6 is 23.2 Å². The molecule has 1 aromatic heterocycles. The van der Waals surface area contributed by atoms with Gasteiger partial charge in [0.15, 0.2) is 0 Å². The first kappa shape index (κ1) is 14.8. The summed E-state index contributed by atoms with van der Waals surface area (Å²) in [5.74, 6) is -0.139. The lowest BCUT2D eigenvalue weighted by molar-refractivity contribution is 0.0742. The van der Waals surface area contributed by atoms with Gasteiger partial charge in [-0.2, -0.15) is 0 Å². The topological polar surface area (TPSA) is 33.2 Å². The SMILES string of the molecule is CC(c1ccc(Cl)cc1)N(C)C(=O)c1ccncc1Cl. The Labute approximate surface area is 128 Å². The zero-order valence-corrected chi connectivity index (χ0v) is 12.7. The van der Waals surface area contributed by atoms with Crippen LogP contribution in [-0.2, 0) is 0 Å². The van der Waals surface area contributed by atoms with Gasteiger partial charge in [0.2, 0.25) is 0 Å². The Balaban J connectivity index is 2.22. The summed E-state index contributed by atoms with van der Waals surface area (Å²) in [7, 11) is 1.75. The van der Waals surface area contributed by atoms with Crippen molar-refractivity contribution < 1.29 is 4.79 Å². The molecule has 0 aliphatic carbocycles. The second kappa shape index (κ2) is 6.25. The Bertz CT molecular complexity index is 614. The Morgan fingerprint density at radius 3 is 2.45 bits per heavy atom. The normalized spacial score (nSPS) is 12.0. The molecule has 1 amide bonds. The molecule has 3 nitrogen and oxygen atoms in total. The first-order chi connectivity index (χ1) is 9.50.